The van der Waals surface area contributed by atoms with Gasteiger partial charge in [0, 0.05) is 11.8 Å². The van der Waals surface area contributed by atoms with Gasteiger partial charge in [0.25, 0.3) is 0 Å². The van der Waals surface area contributed by atoms with Crippen molar-refractivity contribution in [1.29, 1.82) is 0 Å². The van der Waals surface area contributed by atoms with Crippen molar-refractivity contribution < 1.29 is 31.9 Å². The fraction of sp³-hybridized carbons (Fsp3) is 0.857. The fourth-order valence-electron chi connectivity index (χ4n) is 7.42. The predicted molar refractivity (Wildman–Crippen MR) is 101 cm³/mol. The summed E-state index contributed by atoms with van der Waals surface area (Å²) in [7, 11) is 0. The second-order valence-electron chi connectivity index (χ2n) is 9.98. The van der Waals surface area contributed by atoms with Crippen LogP contribution in [0, 0.1) is 28.6 Å². The fourth-order valence-corrected chi connectivity index (χ4v) is 8.27. The number of fused-ring (bicyclic) bond motifs is 5. The number of carbonyl (C=O) groups is 1. The summed E-state index contributed by atoms with van der Waals surface area (Å²) < 4.78 is 69.2. The van der Waals surface area contributed by atoms with Crippen LogP contribution < -0.4 is 0 Å². The van der Waals surface area contributed by atoms with Crippen molar-refractivity contribution in [2.24, 2.45) is 28.6 Å². The molecule has 6 atom stereocenters. The molecule has 0 bridgehead atoms. The van der Waals surface area contributed by atoms with Crippen molar-refractivity contribution in [2.45, 2.75) is 82.9 Å². The Morgan fingerprint density at radius 3 is 2.21 bits per heavy atom. The van der Waals surface area contributed by atoms with Crippen LogP contribution in [0.4, 0.5) is 22.0 Å². The zero-order valence-electron chi connectivity index (χ0n) is 16.5. The first kappa shape index (κ1) is 21.7. The topological polar surface area (TPSA) is 37.3 Å². The van der Waals surface area contributed by atoms with E-state index in [0.29, 0.717) is 36.6 Å². The Kier molecular flexibility index (Phi) is 4.70. The van der Waals surface area contributed by atoms with E-state index in [-0.39, 0.29) is 41.8 Å². The summed E-state index contributed by atoms with van der Waals surface area (Å²) in [5.41, 5.74) is -3.72. The molecule has 0 aromatic carbocycles. The summed E-state index contributed by atoms with van der Waals surface area (Å²) in [6.45, 7) is 3.55. The van der Waals surface area contributed by atoms with Crippen molar-refractivity contribution >= 4 is 21.7 Å². The molecule has 0 aliphatic heterocycles. The van der Waals surface area contributed by atoms with Crippen LogP contribution in [-0.4, -0.2) is 28.6 Å². The standard InChI is InChI=1S/C21H26BrF5O2/c1-17-8-7-15(28)16(22)14(17)4-3-11-12(17)5-9-18(2)13(11)6-10-19(18,29)20(23,24)21(25,26)27/h11-13,29H,3-10H2,1-2H3/t11-,12+,13+,17-,18+,19+/m1/s1. The lowest BCUT2D eigenvalue weighted by atomic mass is 9.46. The maximum atomic E-state index is 14.5. The lowest BCUT2D eigenvalue weighted by molar-refractivity contribution is -0.363. The van der Waals surface area contributed by atoms with Gasteiger partial charge in [-0.25, -0.2) is 0 Å². The van der Waals surface area contributed by atoms with Crippen LogP contribution in [0.3, 0.4) is 0 Å². The Hall–Kier alpha value is -0.500. The Morgan fingerprint density at radius 1 is 0.966 bits per heavy atom. The first-order valence-electron chi connectivity index (χ1n) is 10.3. The zero-order valence-corrected chi connectivity index (χ0v) is 18.1. The summed E-state index contributed by atoms with van der Waals surface area (Å²) in [6.07, 6.45) is -3.11. The number of hydrogen-bond acceptors (Lipinski definition) is 2. The van der Waals surface area contributed by atoms with Crippen LogP contribution in [0.25, 0.3) is 0 Å². The molecule has 164 valence electrons. The number of Topliss-reactive ketones (excluding diaryl/α,β-unsaturated/α-hetero) is 1. The average molecular weight is 485 g/mol. The number of ketones is 1. The van der Waals surface area contributed by atoms with E-state index in [9.17, 15) is 31.9 Å². The Bertz CT molecular complexity index is 778. The number of carbonyl (C=O) groups excluding carboxylic acids is 1. The van der Waals surface area contributed by atoms with Crippen LogP contribution in [-0.2, 0) is 4.79 Å². The summed E-state index contributed by atoms with van der Waals surface area (Å²) in [6, 6.07) is 0. The molecule has 3 fully saturated rings. The number of hydrogen-bond donors (Lipinski definition) is 1. The van der Waals surface area contributed by atoms with E-state index in [2.05, 4.69) is 22.9 Å². The van der Waals surface area contributed by atoms with E-state index in [0.717, 1.165) is 5.57 Å². The zero-order chi connectivity index (χ0) is 21.6. The van der Waals surface area contributed by atoms with Crippen LogP contribution in [0.1, 0.15) is 65.2 Å². The van der Waals surface area contributed by atoms with Gasteiger partial charge in [0.05, 0.1) is 4.48 Å². The number of halogens is 6. The second-order valence-corrected chi connectivity index (χ2v) is 10.8. The van der Waals surface area contributed by atoms with E-state index in [1.165, 1.54) is 6.92 Å². The molecule has 0 spiro atoms. The highest BCUT2D eigenvalue weighted by Crippen LogP contribution is 2.71. The number of rotatable bonds is 1. The minimum Gasteiger partial charge on any atom is -0.383 e. The smallest absolute Gasteiger partial charge is 0.383 e. The van der Waals surface area contributed by atoms with Gasteiger partial charge in [-0.2, -0.15) is 22.0 Å². The maximum Gasteiger partial charge on any atom is 0.456 e. The van der Waals surface area contributed by atoms with Crippen LogP contribution in [0.15, 0.2) is 10.1 Å². The number of allylic oxidation sites excluding steroid dienone is 1. The monoisotopic (exact) mass is 484 g/mol. The maximum absolute atomic E-state index is 14.5. The summed E-state index contributed by atoms with van der Waals surface area (Å²) in [5, 5.41) is 10.8. The Balaban J connectivity index is 1.72. The van der Waals surface area contributed by atoms with Gasteiger partial charge in [0.1, 0.15) is 5.60 Å². The van der Waals surface area contributed by atoms with Gasteiger partial charge in [-0.1, -0.05) is 13.8 Å². The van der Waals surface area contributed by atoms with Crippen LogP contribution in [0.2, 0.25) is 0 Å². The number of aliphatic hydroxyl groups is 1. The van der Waals surface area contributed by atoms with Crippen molar-refractivity contribution in [3.63, 3.8) is 0 Å². The molecule has 2 nitrogen and oxygen atoms in total. The highest BCUT2D eigenvalue weighted by atomic mass is 79.9. The quantitative estimate of drug-likeness (QED) is 0.451. The van der Waals surface area contributed by atoms with E-state index >= 15 is 0 Å². The van der Waals surface area contributed by atoms with Gasteiger partial charge < -0.3 is 5.11 Å². The molecule has 4 aliphatic carbocycles. The van der Waals surface area contributed by atoms with Gasteiger partial charge in [0.2, 0.25) is 0 Å². The normalized spacial score (nSPS) is 45.7. The lowest BCUT2D eigenvalue weighted by Crippen LogP contribution is -2.65. The third kappa shape index (κ3) is 2.56. The van der Waals surface area contributed by atoms with Crippen molar-refractivity contribution in [3.05, 3.63) is 10.1 Å². The van der Waals surface area contributed by atoms with E-state index in [1.807, 2.05) is 0 Å². The van der Waals surface area contributed by atoms with E-state index in [4.69, 9.17) is 0 Å². The molecular formula is C21H26BrF5O2. The predicted octanol–water partition coefficient (Wildman–Crippen LogP) is 6.17. The SMILES string of the molecule is C[C@]12CCC(=O)C(Br)=C1CC[C@@H]1[C@@H]2CC[C@@]2(C)[C@H]1CC[C@@]2(O)C(F)(F)C(F)(F)F. The highest BCUT2D eigenvalue weighted by Gasteiger charge is 2.79. The van der Waals surface area contributed by atoms with E-state index < -0.39 is 29.5 Å². The molecule has 29 heavy (non-hydrogen) atoms. The molecule has 0 radical (unpaired) electrons. The Morgan fingerprint density at radius 2 is 1.59 bits per heavy atom. The summed E-state index contributed by atoms with van der Waals surface area (Å²) in [4.78, 5) is 12.1. The summed E-state index contributed by atoms with van der Waals surface area (Å²) >= 11 is 3.45. The van der Waals surface area contributed by atoms with Crippen molar-refractivity contribution in [2.75, 3.05) is 0 Å². The van der Waals surface area contributed by atoms with Crippen molar-refractivity contribution in [1.82, 2.24) is 0 Å². The van der Waals surface area contributed by atoms with Gasteiger partial charge in [-0.15, -0.1) is 0 Å². The number of alkyl halides is 5. The summed E-state index contributed by atoms with van der Waals surface area (Å²) in [5.74, 6) is -5.33. The van der Waals surface area contributed by atoms with Crippen LogP contribution >= 0.6 is 15.9 Å². The molecule has 0 saturated heterocycles. The van der Waals surface area contributed by atoms with E-state index in [1.54, 1.807) is 0 Å². The minimum absolute atomic E-state index is 0.0194. The van der Waals surface area contributed by atoms with Gasteiger partial charge in [-0.3, -0.25) is 4.79 Å². The average Bonchev–Trinajstić information content (AvgIpc) is 2.90. The molecule has 8 heteroatoms. The molecule has 3 saturated carbocycles. The molecule has 0 heterocycles. The highest BCUT2D eigenvalue weighted by molar-refractivity contribution is 9.12. The molecule has 0 amide bonds. The molecule has 4 aliphatic rings. The Labute approximate surface area is 175 Å². The molecule has 4 rings (SSSR count). The third-order valence-corrected chi connectivity index (χ3v) is 10.0. The van der Waals surface area contributed by atoms with Crippen LogP contribution in [0.5, 0.6) is 0 Å². The molecule has 1 N–H and O–H groups in total. The first-order valence-corrected chi connectivity index (χ1v) is 11.1. The first-order chi connectivity index (χ1) is 13.2. The van der Waals surface area contributed by atoms with Gasteiger partial charge >= 0.3 is 12.1 Å². The van der Waals surface area contributed by atoms with Gasteiger partial charge in [0.15, 0.2) is 5.78 Å². The molecule has 0 aromatic heterocycles. The van der Waals surface area contributed by atoms with Crippen molar-refractivity contribution in [3.8, 4) is 0 Å². The lowest BCUT2D eigenvalue weighted by Gasteiger charge is -2.59. The third-order valence-electron chi connectivity index (χ3n) is 9.08. The van der Waals surface area contributed by atoms with Gasteiger partial charge in [-0.05, 0) is 89.6 Å². The second kappa shape index (κ2) is 6.27. The minimum atomic E-state index is -5.78. The molecule has 0 aromatic rings. The molecular weight excluding hydrogens is 459 g/mol. The molecule has 0 unspecified atom stereocenters. The largest absolute Gasteiger partial charge is 0.456 e.